The van der Waals surface area contributed by atoms with E-state index in [0.29, 0.717) is 19.8 Å². The molecule has 0 saturated heterocycles. The fraction of sp³-hybridized carbons (Fsp3) is 0.850. The summed E-state index contributed by atoms with van der Waals surface area (Å²) in [4.78, 5) is 9.85. The third-order valence-corrected chi connectivity index (χ3v) is 2.63. The summed E-state index contributed by atoms with van der Waals surface area (Å²) in [6.45, 7) is 17.7. The van der Waals surface area contributed by atoms with Crippen LogP contribution in [0.4, 0.5) is 0 Å². The van der Waals surface area contributed by atoms with E-state index in [2.05, 4.69) is 0 Å². The maximum Gasteiger partial charge on any atom is 0.325 e. The normalized spacial score (nSPS) is 11.9. The largest absolute Gasteiger partial charge is 0.511 e. The molecule has 0 aromatic heterocycles. The molecule has 162 valence electrons. The zero-order chi connectivity index (χ0) is 21.6. The molecular weight excluding hydrogens is 384 g/mol. The van der Waals surface area contributed by atoms with E-state index in [-0.39, 0.29) is 50.9 Å². The first-order valence-corrected chi connectivity index (χ1v) is 8.98. The summed E-state index contributed by atoms with van der Waals surface area (Å²) in [6.07, 6.45) is 1.08. The number of ether oxygens (including phenoxy) is 2. The van der Waals surface area contributed by atoms with Crippen LogP contribution in [-0.2, 0) is 31.2 Å². The molecule has 0 heterocycles. The third-order valence-electron chi connectivity index (χ3n) is 2.63. The Hall–Kier alpha value is -0.236. The van der Waals surface area contributed by atoms with Gasteiger partial charge in [-0.05, 0) is 48.5 Å². The Morgan fingerprint density at radius 3 is 1.63 bits per heavy atom. The Morgan fingerprint density at radius 2 is 1.33 bits per heavy atom. The van der Waals surface area contributed by atoms with Crippen LogP contribution in [0.5, 0.6) is 0 Å². The summed E-state index contributed by atoms with van der Waals surface area (Å²) in [5, 5.41) is 26.1. The van der Waals surface area contributed by atoms with Gasteiger partial charge in [-0.2, -0.15) is 0 Å². The van der Waals surface area contributed by atoms with E-state index >= 15 is 0 Å². The molecule has 7 heteroatoms. The Balaban J connectivity index is -0.000000247. The smallest absolute Gasteiger partial charge is 0.325 e. The number of aliphatic hydroxyl groups excluding tert-OH is 3. The first-order chi connectivity index (χ1) is 11.6. The quantitative estimate of drug-likeness (QED) is 0.190. The van der Waals surface area contributed by atoms with Crippen molar-refractivity contribution >= 4 is 5.78 Å². The second kappa shape index (κ2) is 17.8. The van der Waals surface area contributed by atoms with Crippen LogP contribution in [0.2, 0.25) is 0 Å². The third kappa shape index (κ3) is 28.1. The fourth-order valence-corrected chi connectivity index (χ4v) is 1.08. The Kier molecular flexibility index (Phi) is 22.6. The van der Waals surface area contributed by atoms with Gasteiger partial charge in [-0.3, -0.25) is 4.79 Å². The van der Waals surface area contributed by atoms with Crippen molar-refractivity contribution in [2.24, 2.45) is 10.8 Å². The summed E-state index contributed by atoms with van der Waals surface area (Å²) >= 11 is 0. The minimum Gasteiger partial charge on any atom is -0.511 e. The first kappa shape index (κ1) is 34.3. The zero-order valence-electron chi connectivity index (χ0n) is 19.0. The maximum atomic E-state index is 10.0. The minimum atomic E-state index is -0.535. The van der Waals surface area contributed by atoms with Gasteiger partial charge in [0.05, 0.1) is 31.3 Å². The molecule has 0 radical (unpaired) electrons. The number of allylic oxidation sites excluding steroid dienone is 1. The van der Waals surface area contributed by atoms with E-state index < -0.39 is 5.41 Å². The molecule has 4 N–H and O–H groups in total. The summed E-state index contributed by atoms with van der Waals surface area (Å²) in [5.41, 5.74) is -0.909. The SMILES string of the molecule is CC(C)O.CC(C)O.COCCOCC(C)(C)/C(O)=C/C(=[OH+])C(C)(C)C.[Ti]. The summed E-state index contributed by atoms with van der Waals surface area (Å²) in [7, 11) is 1.61. The van der Waals surface area contributed by atoms with Crippen molar-refractivity contribution in [3.05, 3.63) is 11.8 Å². The van der Waals surface area contributed by atoms with E-state index in [4.69, 9.17) is 19.7 Å². The molecule has 0 aromatic carbocycles. The van der Waals surface area contributed by atoms with E-state index in [1.165, 1.54) is 6.08 Å². The van der Waals surface area contributed by atoms with E-state index in [9.17, 15) is 9.90 Å². The van der Waals surface area contributed by atoms with Crippen molar-refractivity contribution in [1.29, 1.82) is 0 Å². The second-order valence-corrected chi connectivity index (χ2v) is 8.28. The molecule has 0 amide bonds. The van der Waals surface area contributed by atoms with Crippen molar-refractivity contribution in [3.8, 4) is 0 Å². The number of methoxy groups -OCH3 is 1. The van der Waals surface area contributed by atoms with Crippen LogP contribution in [0.1, 0.15) is 62.3 Å². The molecule has 0 aliphatic rings. The predicted octanol–water partition coefficient (Wildman–Crippen LogP) is 3.48. The Bertz CT molecular complexity index is 373. The zero-order valence-corrected chi connectivity index (χ0v) is 20.5. The van der Waals surface area contributed by atoms with Crippen molar-refractivity contribution in [1.82, 2.24) is 0 Å². The molecule has 0 unspecified atom stereocenters. The molecule has 0 aliphatic heterocycles. The number of hydrogen-bond donors (Lipinski definition) is 3. The minimum absolute atomic E-state index is 0. The Labute approximate surface area is 181 Å². The van der Waals surface area contributed by atoms with Gasteiger partial charge in [-0.1, -0.05) is 13.8 Å². The molecule has 6 nitrogen and oxygen atoms in total. The molecule has 0 bridgehead atoms. The second-order valence-electron chi connectivity index (χ2n) is 8.28. The molecule has 0 saturated carbocycles. The standard InChI is InChI=1S/C14H26O4.2C3H8O.Ti/c1-13(2,3)11(15)9-12(16)14(4,5)10-18-8-7-17-6;2*1-3(2)4;/h9,16H,7-8,10H2,1-6H3;2*3-4H,1-2H3;/p+1/b12-9-;;;. The molecule has 0 rings (SSSR count). The van der Waals surface area contributed by atoms with Crippen molar-refractivity contribution in [2.75, 3.05) is 26.9 Å². The van der Waals surface area contributed by atoms with E-state index in [1.54, 1.807) is 34.8 Å². The van der Waals surface area contributed by atoms with Crippen LogP contribution in [0.25, 0.3) is 0 Å². The Morgan fingerprint density at radius 1 is 0.963 bits per heavy atom. The van der Waals surface area contributed by atoms with Gasteiger partial charge in [0.2, 0.25) is 0 Å². The molecule has 0 aromatic rings. The van der Waals surface area contributed by atoms with Crippen molar-refractivity contribution in [2.45, 2.75) is 74.5 Å². The van der Waals surface area contributed by atoms with Gasteiger partial charge >= 0.3 is 5.78 Å². The average Bonchev–Trinajstić information content (AvgIpc) is 2.41. The molecule has 0 atom stereocenters. The van der Waals surface area contributed by atoms with Gasteiger partial charge in [0.25, 0.3) is 0 Å². The number of hydrogen-bond acceptors (Lipinski definition) is 5. The molecule has 0 aliphatic carbocycles. The van der Waals surface area contributed by atoms with E-state index in [0.717, 1.165) is 0 Å². The summed E-state index contributed by atoms with van der Waals surface area (Å²) < 4.78 is 10.3. The van der Waals surface area contributed by atoms with Gasteiger partial charge < -0.3 is 24.8 Å². The van der Waals surface area contributed by atoms with Crippen molar-refractivity contribution in [3.63, 3.8) is 0 Å². The monoisotopic (exact) mass is 427 g/mol. The van der Waals surface area contributed by atoms with Gasteiger partial charge in [0, 0.05) is 46.5 Å². The van der Waals surface area contributed by atoms with Crippen molar-refractivity contribution < 1.29 is 51.3 Å². The number of carbonyl (C=O) groups excluding carboxylic acids is 1. The fourth-order valence-electron chi connectivity index (χ4n) is 1.08. The number of rotatable bonds is 7. The molecule has 0 fully saturated rings. The summed E-state index contributed by atoms with van der Waals surface area (Å²) in [5.74, 6) is 0.275. The maximum absolute atomic E-state index is 10.0. The van der Waals surface area contributed by atoms with Crippen LogP contribution in [-0.4, -0.2) is 65.0 Å². The van der Waals surface area contributed by atoms with Gasteiger partial charge in [0.15, 0.2) is 0 Å². The van der Waals surface area contributed by atoms with Crippen LogP contribution < -0.4 is 0 Å². The number of ketones is 1. The molecular formula is C20H43O6Ti+. The number of aliphatic hydroxyl groups is 3. The van der Waals surface area contributed by atoms with Crippen LogP contribution >= 0.6 is 0 Å². The van der Waals surface area contributed by atoms with Gasteiger partial charge in [0.1, 0.15) is 5.76 Å². The van der Waals surface area contributed by atoms with E-state index in [1.807, 2.05) is 34.6 Å². The van der Waals surface area contributed by atoms with Crippen LogP contribution in [0.3, 0.4) is 0 Å². The molecule has 0 spiro atoms. The first-order valence-electron chi connectivity index (χ1n) is 8.98. The van der Waals surface area contributed by atoms with Gasteiger partial charge in [-0.15, -0.1) is 0 Å². The van der Waals surface area contributed by atoms with Crippen LogP contribution in [0.15, 0.2) is 11.8 Å². The average molecular weight is 427 g/mol. The van der Waals surface area contributed by atoms with Crippen LogP contribution in [0, 0.1) is 10.8 Å². The summed E-state index contributed by atoms with van der Waals surface area (Å²) in [6, 6.07) is 0. The molecule has 27 heavy (non-hydrogen) atoms. The predicted molar refractivity (Wildman–Crippen MR) is 108 cm³/mol. The topological polar surface area (TPSA) is 101 Å². The van der Waals surface area contributed by atoms with Gasteiger partial charge in [-0.25, -0.2) is 0 Å².